The standard InChI is InChI=1S/C11H18O4/c1-5-7(2)8(12)6-9(13)11(3,4)10(14)15/h7H,5-6H2,1-4H3,(H,14,15). The lowest BCUT2D eigenvalue weighted by Gasteiger charge is -2.17. The van der Waals surface area contributed by atoms with E-state index in [-0.39, 0.29) is 18.1 Å². The van der Waals surface area contributed by atoms with Gasteiger partial charge in [-0.2, -0.15) is 0 Å². The number of carboxylic acid groups (broad SMARTS) is 1. The van der Waals surface area contributed by atoms with Crippen LogP contribution < -0.4 is 0 Å². The van der Waals surface area contributed by atoms with Crippen molar-refractivity contribution in [2.45, 2.75) is 40.5 Å². The van der Waals surface area contributed by atoms with Crippen LogP contribution in [0.5, 0.6) is 0 Å². The van der Waals surface area contributed by atoms with Gasteiger partial charge in [0.25, 0.3) is 0 Å². The van der Waals surface area contributed by atoms with Crippen LogP contribution in [0.4, 0.5) is 0 Å². The van der Waals surface area contributed by atoms with Crippen molar-refractivity contribution in [1.29, 1.82) is 0 Å². The monoisotopic (exact) mass is 214 g/mol. The molecule has 86 valence electrons. The molecule has 0 bridgehead atoms. The van der Waals surface area contributed by atoms with Crippen molar-refractivity contribution in [3.63, 3.8) is 0 Å². The summed E-state index contributed by atoms with van der Waals surface area (Å²) >= 11 is 0. The van der Waals surface area contributed by atoms with E-state index in [1.165, 1.54) is 13.8 Å². The summed E-state index contributed by atoms with van der Waals surface area (Å²) in [6.07, 6.45) is 0.383. The third-order valence-electron chi connectivity index (χ3n) is 2.73. The first-order chi connectivity index (χ1) is 6.73. The summed E-state index contributed by atoms with van der Waals surface area (Å²) in [5.41, 5.74) is -1.47. The summed E-state index contributed by atoms with van der Waals surface area (Å²) in [6.45, 7) is 6.24. The molecule has 0 saturated heterocycles. The third-order valence-corrected chi connectivity index (χ3v) is 2.73. The zero-order valence-electron chi connectivity index (χ0n) is 9.66. The van der Waals surface area contributed by atoms with Crippen molar-refractivity contribution < 1.29 is 19.5 Å². The van der Waals surface area contributed by atoms with Gasteiger partial charge in [-0.25, -0.2) is 0 Å². The Bertz CT molecular complexity index is 278. The lowest BCUT2D eigenvalue weighted by molar-refractivity contribution is -0.153. The molecule has 0 heterocycles. The highest BCUT2D eigenvalue weighted by molar-refractivity contribution is 6.10. The molecule has 0 spiro atoms. The number of carbonyl (C=O) groups excluding carboxylic acids is 2. The second-order valence-corrected chi connectivity index (χ2v) is 4.31. The molecule has 0 aromatic heterocycles. The van der Waals surface area contributed by atoms with E-state index in [1.54, 1.807) is 6.92 Å². The van der Waals surface area contributed by atoms with Gasteiger partial charge in [-0.3, -0.25) is 14.4 Å². The van der Waals surface area contributed by atoms with Crippen molar-refractivity contribution >= 4 is 17.5 Å². The Morgan fingerprint density at radius 1 is 1.27 bits per heavy atom. The SMILES string of the molecule is CCC(C)C(=O)CC(=O)C(C)(C)C(=O)O. The third kappa shape index (κ3) is 3.46. The van der Waals surface area contributed by atoms with Crippen LogP contribution in [0.25, 0.3) is 0 Å². The predicted molar refractivity (Wildman–Crippen MR) is 55.5 cm³/mol. The summed E-state index contributed by atoms with van der Waals surface area (Å²) in [7, 11) is 0. The van der Waals surface area contributed by atoms with Gasteiger partial charge >= 0.3 is 5.97 Å². The summed E-state index contributed by atoms with van der Waals surface area (Å²) in [4.78, 5) is 33.7. The second kappa shape index (κ2) is 5.05. The summed E-state index contributed by atoms with van der Waals surface area (Å²) in [5.74, 6) is -2.08. The van der Waals surface area contributed by atoms with Crippen LogP contribution in [0.15, 0.2) is 0 Å². The molecule has 0 radical (unpaired) electrons. The first kappa shape index (κ1) is 13.8. The molecule has 4 heteroatoms. The normalized spacial score (nSPS) is 13.3. The number of hydrogen-bond acceptors (Lipinski definition) is 3. The maximum absolute atomic E-state index is 11.5. The fourth-order valence-electron chi connectivity index (χ4n) is 0.900. The fourth-order valence-corrected chi connectivity index (χ4v) is 0.900. The van der Waals surface area contributed by atoms with Gasteiger partial charge in [-0.15, -0.1) is 0 Å². The number of hydrogen-bond donors (Lipinski definition) is 1. The predicted octanol–water partition coefficient (Wildman–Crippen LogP) is 1.67. The molecule has 4 nitrogen and oxygen atoms in total. The average molecular weight is 214 g/mol. The van der Waals surface area contributed by atoms with E-state index in [0.717, 1.165) is 0 Å². The molecule has 1 N–H and O–H groups in total. The largest absolute Gasteiger partial charge is 0.481 e. The number of aliphatic carboxylic acids is 1. The second-order valence-electron chi connectivity index (χ2n) is 4.31. The molecule has 0 saturated carbocycles. The quantitative estimate of drug-likeness (QED) is 0.683. The number of carboxylic acids is 1. The molecule has 0 amide bonds. The molecule has 0 fully saturated rings. The van der Waals surface area contributed by atoms with Gasteiger partial charge in [0, 0.05) is 5.92 Å². The van der Waals surface area contributed by atoms with E-state index in [9.17, 15) is 14.4 Å². The number of carbonyl (C=O) groups is 3. The highest BCUT2D eigenvalue weighted by atomic mass is 16.4. The first-order valence-corrected chi connectivity index (χ1v) is 5.02. The lowest BCUT2D eigenvalue weighted by Crippen LogP contribution is -2.35. The number of rotatable bonds is 6. The Labute approximate surface area is 89.7 Å². The smallest absolute Gasteiger partial charge is 0.316 e. The molecule has 0 aliphatic heterocycles. The lowest BCUT2D eigenvalue weighted by atomic mass is 9.84. The van der Waals surface area contributed by atoms with Crippen LogP contribution in [0.3, 0.4) is 0 Å². The number of Topliss-reactive ketones (excluding diaryl/α,β-unsaturated/α-hetero) is 2. The van der Waals surface area contributed by atoms with Crippen LogP contribution in [-0.4, -0.2) is 22.6 Å². The van der Waals surface area contributed by atoms with Crippen LogP contribution in [-0.2, 0) is 14.4 Å². The fraction of sp³-hybridized carbons (Fsp3) is 0.727. The molecular weight excluding hydrogens is 196 g/mol. The Hall–Kier alpha value is -1.19. The first-order valence-electron chi connectivity index (χ1n) is 5.02. The maximum atomic E-state index is 11.5. The van der Waals surface area contributed by atoms with E-state index in [4.69, 9.17) is 5.11 Å². The minimum atomic E-state index is -1.47. The van der Waals surface area contributed by atoms with Crippen molar-refractivity contribution in [3.05, 3.63) is 0 Å². The molecule has 1 unspecified atom stereocenters. The Balaban J connectivity index is 4.51. The molecule has 1 atom stereocenters. The average Bonchev–Trinajstić information content (AvgIpc) is 2.15. The van der Waals surface area contributed by atoms with Gasteiger partial charge in [0.15, 0.2) is 5.78 Å². The van der Waals surface area contributed by atoms with Gasteiger partial charge in [-0.05, 0) is 20.3 Å². The Kier molecular flexibility index (Phi) is 4.65. The van der Waals surface area contributed by atoms with Crippen LogP contribution in [0, 0.1) is 11.3 Å². The summed E-state index contributed by atoms with van der Waals surface area (Å²) in [5, 5.41) is 8.79. The van der Waals surface area contributed by atoms with Crippen LogP contribution in [0.2, 0.25) is 0 Å². The topological polar surface area (TPSA) is 71.4 Å². The van der Waals surface area contributed by atoms with E-state index >= 15 is 0 Å². The highest BCUT2D eigenvalue weighted by Gasteiger charge is 2.36. The summed E-state index contributed by atoms with van der Waals surface area (Å²) in [6, 6.07) is 0. The van der Waals surface area contributed by atoms with Crippen molar-refractivity contribution in [2.75, 3.05) is 0 Å². The van der Waals surface area contributed by atoms with Gasteiger partial charge in [-0.1, -0.05) is 13.8 Å². The van der Waals surface area contributed by atoms with Gasteiger partial charge in [0.2, 0.25) is 0 Å². The van der Waals surface area contributed by atoms with Crippen LogP contribution >= 0.6 is 0 Å². The minimum absolute atomic E-state index is 0.182. The number of ketones is 2. The summed E-state index contributed by atoms with van der Waals surface area (Å²) < 4.78 is 0. The molecular formula is C11H18O4. The molecule has 15 heavy (non-hydrogen) atoms. The van der Waals surface area contributed by atoms with Crippen molar-refractivity contribution in [2.24, 2.45) is 11.3 Å². The molecule has 0 aliphatic rings. The van der Waals surface area contributed by atoms with E-state index in [2.05, 4.69) is 0 Å². The van der Waals surface area contributed by atoms with Gasteiger partial charge in [0.05, 0.1) is 6.42 Å². The highest BCUT2D eigenvalue weighted by Crippen LogP contribution is 2.20. The van der Waals surface area contributed by atoms with Gasteiger partial charge < -0.3 is 5.11 Å². The Morgan fingerprint density at radius 2 is 1.73 bits per heavy atom. The van der Waals surface area contributed by atoms with E-state index < -0.39 is 17.2 Å². The van der Waals surface area contributed by atoms with Crippen molar-refractivity contribution in [1.82, 2.24) is 0 Å². The molecule has 0 rings (SSSR count). The maximum Gasteiger partial charge on any atom is 0.316 e. The zero-order chi connectivity index (χ0) is 12.2. The minimum Gasteiger partial charge on any atom is -0.481 e. The Morgan fingerprint density at radius 3 is 2.07 bits per heavy atom. The van der Waals surface area contributed by atoms with E-state index in [1.807, 2.05) is 6.92 Å². The van der Waals surface area contributed by atoms with Crippen LogP contribution in [0.1, 0.15) is 40.5 Å². The molecule has 0 aromatic rings. The zero-order valence-corrected chi connectivity index (χ0v) is 9.66. The molecule has 0 aromatic carbocycles. The van der Waals surface area contributed by atoms with Gasteiger partial charge in [0.1, 0.15) is 11.2 Å². The molecule has 0 aliphatic carbocycles. The van der Waals surface area contributed by atoms with Crippen molar-refractivity contribution in [3.8, 4) is 0 Å². The van der Waals surface area contributed by atoms with E-state index in [0.29, 0.717) is 6.42 Å².